The molecule has 0 bridgehead atoms. The van der Waals surface area contributed by atoms with Crippen molar-refractivity contribution in [2.75, 3.05) is 6.61 Å². The summed E-state index contributed by atoms with van der Waals surface area (Å²) in [7, 11) is 0. The highest BCUT2D eigenvalue weighted by Crippen LogP contribution is 2.10. The van der Waals surface area contributed by atoms with Crippen molar-refractivity contribution in [3.63, 3.8) is 0 Å². The smallest absolute Gasteiger partial charge is 0.246 e. The van der Waals surface area contributed by atoms with Crippen molar-refractivity contribution in [3.05, 3.63) is 35.1 Å². The molecule has 0 fully saturated rings. The molecule has 4 nitrogen and oxygen atoms in total. The molecule has 0 atom stereocenters. The number of benzene rings is 1. The zero-order valence-corrected chi connectivity index (χ0v) is 11.6. The molecule has 1 rings (SSSR count). The van der Waals surface area contributed by atoms with E-state index in [9.17, 15) is 9.18 Å². The summed E-state index contributed by atoms with van der Waals surface area (Å²) in [5.74, 6) is -0.628. The maximum absolute atomic E-state index is 13.6. The number of halogens is 1. The van der Waals surface area contributed by atoms with E-state index in [0.29, 0.717) is 12.1 Å². The van der Waals surface area contributed by atoms with E-state index in [0.717, 1.165) is 5.56 Å². The van der Waals surface area contributed by atoms with Crippen LogP contribution in [0.2, 0.25) is 0 Å². The van der Waals surface area contributed by atoms with Crippen LogP contribution in [0.1, 0.15) is 31.9 Å². The molecule has 3 N–H and O–H groups in total. The summed E-state index contributed by atoms with van der Waals surface area (Å²) in [6.45, 7) is 6.00. The Labute approximate surface area is 113 Å². The van der Waals surface area contributed by atoms with Gasteiger partial charge in [0.15, 0.2) is 0 Å². The molecule has 106 valence electrons. The summed E-state index contributed by atoms with van der Waals surface area (Å²) in [6.07, 6.45) is 0. The topological polar surface area (TPSA) is 64.3 Å². The molecule has 0 saturated carbocycles. The Morgan fingerprint density at radius 3 is 2.63 bits per heavy atom. The van der Waals surface area contributed by atoms with E-state index in [4.69, 9.17) is 10.5 Å². The van der Waals surface area contributed by atoms with Gasteiger partial charge in [0.05, 0.1) is 5.60 Å². The third-order valence-corrected chi connectivity index (χ3v) is 2.47. The van der Waals surface area contributed by atoms with Crippen LogP contribution in [0.4, 0.5) is 4.39 Å². The van der Waals surface area contributed by atoms with Crippen LogP contribution in [-0.4, -0.2) is 18.1 Å². The van der Waals surface area contributed by atoms with E-state index < -0.39 is 0 Å². The van der Waals surface area contributed by atoms with Gasteiger partial charge in [0.25, 0.3) is 0 Å². The Hall–Kier alpha value is -1.46. The average Bonchev–Trinajstić information content (AvgIpc) is 2.34. The van der Waals surface area contributed by atoms with Gasteiger partial charge in [-0.05, 0) is 32.4 Å². The fourth-order valence-electron chi connectivity index (χ4n) is 1.39. The molecule has 5 heteroatoms. The Kier molecular flexibility index (Phi) is 5.44. The van der Waals surface area contributed by atoms with E-state index in [1.807, 2.05) is 20.8 Å². The van der Waals surface area contributed by atoms with Crippen molar-refractivity contribution in [2.24, 2.45) is 5.73 Å². The minimum absolute atomic E-state index is 0.0357. The molecule has 0 aliphatic rings. The molecule has 0 saturated heterocycles. The number of rotatable bonds is 5. The number of amides is 1. The number of carbonyl (C=O) groups excluding carboxylic acids is 1. The Balaban J connectivity index is 2.46. The van der Waals surface area contributed by atoms with E-state index in [-0.39, 0.29) is 30.5 Å². The van der Waals surface area contributed by atoms with Crippen molar-refractivity contribution in [1.29, 1.82) is 0 Å². The number of carbonyl (C=O) groups is 1. The Morgan fingerprint density at radius 2 is 2.11 bits per heavy atom. The van der Waals surface area contributed by atoms with E-state index in [1.54, 1.807) is 12.1 Å². The first-order valence-corrected chi connectivity index (χ1v) is 6.20. The van der Waals surface area contributed by atoms with Crippen LogP contribution in [0.5, 0.6) is 0 Å². The molecule has 0 aromatic heterocycles. The van der Waals surface area contributed by atoms with Crippen LogP contribution in [0.25, 0.3) is 0 Å². The van der Waals surface area contributed by atoms with Crippen LogP contribution in [-0.2, 0) is 22.6 Å². The molecule has 19 heavy (non-hydrogen) atoms. The minimum atomic E-state index is -0.370. The molecule has 0 aliphatic heterocycles. The number of ether oxygens (including phenoxy) is 1. The van der Waals surface area contributed by atoms with Gasteiger partial charge in [-0.3, -0.25) is 4.79 Å². The van der Waals surface area contributed by atoms with Gasteiger partial charge < -0.3 is 15.8 Å². The van der Waals surface area contributed by atoms with Crippen LogP contribution >= 0.6 is 0 Å². The SMILES string of the molecule is CC(C)(C)OCC(=O)NCc1ccc(CN)cc1F. The van der Waals surface area contributed by atoms with Gasteiger partial charge >= 0.3 is 0 Å². The molecule has 0 spiro atoms. The van der Waals surface area contributed by atoms with Gasteiger partial charge in [0.1, 0.15) is 12.4 Å². The Bertz CT molecular complexity index is 442. The summed E-state index contributed by atoms with van der Waals surface area (Å²) < 4.78 is 18.9. The quantitative estimate of drug-likeness (QED) is 0.854. The molecular formula is C14H21FN2O2. The summed E-state index contributed by atoms with van der Waals surface area (Å²) in [4.78, 5) is 11.5. The predicted octanol–water partition coefficient (Wildman–Crippen LogP) is 1.72. The highest BCUT2D eigenvalue weighted by molar-refractivity contribution is 5.77. The standard InChI is InChI=1S/C14H21FN2O2/c1-14(2,3)19-9-13(18)17-8-11-5-4-10(7-16)6-12(11)15/h4-6H,7-9,16H2,1-3H3,(H,17,18). The fourth-order valence-corrected chi connectivity index (χ4v) is 1.39. The van der Waals surface area contributed by atoms with E-state index in [1.165, 1.54) is 6.07 Å². The van der Waals surface area contributed by atoms with Crippen molar-refractivity contribution in [1.82, 2.24) is 5.32 Å². The summed E-state index contributed by atoms with van der Waals surface area (Å²) in [6, 6.07) is 4.76. The van der Waals surface area contributed by atoms with Crippen molar-refractivity contribution < 1.29 is 13.9 Å². The average molecular weight is 268 g/mol. The number of nitrogens with one attached hydrogen (secondary N) is 1. The molecule has 1 amide bonds. The first-order valence-electron chi connectivity index (χ1n) is 6.20. The summed E-state index contributed by atoms with van der Waals surface area (Å²) in [5.41, 5.74) is 6.21. The minimum Gasteiger partial charge on any atom is -0.366 e. The van der Waals surface area contributed by atoms with Crippen LogP contribution < -0.4 is 11.1 Å². The van der Waals surface area contributed by atoms with E-state index in [2.05, 4.69) is 5.32 Å². The lowest BCUT2D eigenvalue weighted by Gasteiger charge is -2.19. The Morgan fingerprint density at radius 1 is 1.42 bits per heavy atom. The summed E-state index contributed by atoms with van der Waals surface area (Å²) in [5, 5.41) is 2.61. The molecule has 0 unspecified atom stereocenters. The monoisotopic (exact) mass is 268 g/mol. The second-order valence-corrected chi connectivity index (χ2v) is 5.31. The maximum atomic E-state index is 13.6. The first-order chi connectivity index (χ1) is 8.81. The van der Waals surface area contributed by atoms with Crippen LogP contribution in [0.3, 0.4) is 0 Å². The second kappa shape index (κ2) is 6.63. The lowest BCUT2D eigenvalue weighted by Crippen LogP contribution is -2.31. The van der Waals surface area contributed by atoms with Crippen molar-refractivity contribution in [3.8, 4) is 0 Å². The number of hydrogen-bond acceptors (Lipinski definition) is 3. The molecule has 1 aromatic rings. The third-order valence-electron chi connectivity index (χ3n) is 2.47. The van der Waals surface area contributed by atoms with Gasteiger partial charge in [-0.1, -0.05) is 12.1 Å². The maximum Gasteiger partial charge on any atom is 0.246 e. The molecule has 0 radical (unpaired) electrons. The van der Waals surface area contributed by atoms with Gasteiger partial charge in [0.2, 0.25) is 5.91 Å². The zero-order chi connectivity index (χ0) is 14.5. The van der Waals surface area contributed by atoms with E-state index >= 15 is 0 Å². The second-order valence-electron chi connectivity index (χ2n) is 5.31. The molecule has 0 heterocycles. The van der Waals surface area contributed by atoms with Crippen LogP contribution in [0, 0.1) is 5.82 Å². The van der Waals surface area contributed by atoms with Crippen LogP contribution in [0.15, 0.2) is 18.2 Å². The largest absolute Gasteiger partial charge is 0.366 e. The lowest BCUT2D eigenvalue weighted by molar-refractivity contribution is -0.130. The zero-order valence-electron chi connectivity index (χ0n) is 11.6. The highest BCUT2D eigenvalue weighted by atomic mass is 19.1. The summed E-state index contributed by atoms with van der Waals surface area (Å²) >= 11 is 0. The van der Waals surface area contributed by atoms with Gasteiger partial charge in [-0.2, -0.15) is 0 Å². The molecule has 0 aliphatic carbocycles. The van der Waals surface area contributed by atoms with Crippen molar-refractivity contribution >= 4 is 5.91 Å². The van der Waals surface area contributed by atoms with Gasteiger partial charge in [0, 0.05) is 18.7 Å². The highest BCUT2D eigenvalue weighted by Gasteiger charge is 2.13. The number of nitrogens with two attached hydrogens (primary N) is 1. The lowest BCUT2D eigenvalue weighted by atomic mass is 10.1. The molecule has 1 aromatic carbocycles. The predicted molar refractivity (Wildman–Crippen MR) is 71.8 cm³/mol. The van der Waals surface area contributed by atoms with Crippen molar-refractivity contribution in [2.45, 2.75) is 39.5 Å². The number of hydrogen-bond donors (Lipinski definition) is 2. The van der Waals surface area contributed by atoms with Gasteiger partial charge in [-0.25, -0.2) is 4.39 Å². The first kappa shape index (κ1) is 15.6. The molecular weight excluding hydrogens is 247 g/mol. The third kappa shape index (κ3) is 5.81. The van der Waals surface area contributed by atoms with Gasteiger partial charge in [-0.15, -0.1) is 0 Å². The fraction of sp³-hybridized carbons (Fsp3) is 0.500. The normalized spacial score (nSPS) is 11.4.